The molecule has 1 nitrogen and oxygen atoms in total. The van der Waals surface area contributed by atoms with Gasteiger partial charge in [0.2, 0.25) is 0 Å². The summed E-state index contributed by atoms with van der Waals surface area (Å²) in [6.07, 6.45) is 0. The SMILES string of the molecule is CN(c1cc(F)cc(CCl)c1)C(C)(C)C. The zero-order chi connectivity index (χ0) is 11.6. The average Bonchev–Trinajstić information content (AvgIpc) is 2.14. The molecule has 0 amide bonds. The number of benzene rings is 1. The fraction of sp³-hybridized carbons (Fsp3) is 0.500. The maximum Gasteiger partial charge on any atom is 0.125 e. The number of anilines is 1. The van der Waals surface area contributed by atoms with Gasteiger partial charge in [0.25, 0.3) is 0 Å². The molecule has 1 rings (SSSR count). The van der Waals surface area contributed by atoms with Crippen LogP contribution < -0.4 is 4.90 Å². The van der Waals surface area contributed by atoms with E-state index in [1.807, 2.05) is 18.0 Å². The van der Waals surface area contributed by atoms with Gasteiger partial charge in [-0.15, -0.1) is 11.6 Å². The second kappa shape index (κ2) is 4.40. The number of hydrogen-bond donors (Lipinski definition) is 0. The lowest BCUT2D eigenvalue weighted by atomic mass is 10.1. The van der Waals surface area contributed by atoms with E-state index in [0.29, 0.717) is 5.88 Å². The molecule has 15 heavy (non-hydrogen) atoms. The van der Waals surface area contributed by atoms with Crippen molar-refractivity contribution in [1.82, 2.24) is 0 Å². The van der Waals surface area contributed by atoms with E-state index in [9.17, 15) is 4.39 Å². The molecule has 1 aromatic carbocycles. The molecule has 0 atom stereocenters. The van der Waals surface area contributed by atoms with Crippen LogP contribution in [0.4, 0.5) is 10.1 Å². The van der Waals surface area contributed by atoms with Crippen molar-refractivity contribution in [2.75, 3.05) is 11.9 Å². The van der Waals surface area contributed by atoms with Crippen molar-refractivity contribution in [3.05, 3.63) is 29.6 Å². The van der Waals surface area contributed by atoms with Crippen LogP contribution in [0, 0.1) is 5.82 Å². The molecule has 0 N–H and O–H groups in total. The first-order chi connectivity index (χ1) is 6.84. The van der Waals surface area contributed by atoms with Crippen molar-refractivity contribution in [3.8, 4) is 0 Å². The normalized spacial score (nSPS) is 11.6. The number of nitrogens with zero attached hydrogens (tertiary/aromatic N) is 1. The molecule has 0 saturated heterocycles. The average molecular weight is 230 g/mol. The molecular formula is C12H17ClFN. The molecule has 0 unspecified atom stereocenters. The Morgan fingerprint density at radius 2 is 1.87 bits per heavy atom. The van der Waals surface area contributed by atoms with Crippen molar-refractivity contribution in [2.24, 2.45) is 0 Å². The smallest absolute Gasteiger partial charge is 0.125 e. The van der Waals surface area contributed by atoms with Crippen molar-refractivity contribution >= 4 is 17.3 Å². The van der Waals surface area contributed by atoms with Gasteiger partial charge in [-0.3, -0.25) is 0 Å². The highest BCUT2D eigenvalue weighted by molar-refractivity contribution is 6.17. The maximum atomic E-state index is 13.3. The third kappa shape index (κ3) is 3.10. The van der Waals surface area contributed by atoms with Crippen LogP contribution in [-0.2, 0) is 5.88 Å². The first-order valence-electron chi connectivity index (χ1n) is 4.94. The van der Waals surface area contributed by atoms with E-state index in [0.717, 1.165) is 11.3 Å². The fourth-order valence-corrected chi connectivity index (χ4v) is 1.45. The Morgan fingerprint density at radius 1 is 1.27 bits per heavy atom. The lowest BCUT2D eigenvalue weighted by molar-refractivity contribution is 0.536. The van der Waals surface area contributed by atoms with E-state index in [1.165, 1.54) is 12.1 Å². The minimum Gasteiger partial charge on any atom is -0.370 e. The second-order valence-corrected chi connectivity index (χ2v) is 4.95. The Morgan fingerprint density at radius 3 is 2.33 bits per heavy atom. The lowest BCUT2D eigenvalue weighted by Gasteiger charge is -2.34. The van der Waals surface area contributed by atoms with Gasteiger partial charge in [0.1, 0.15) is 5.82 Å². The molecule has 0 fully saturated rings. The summed E-state index contributed by atoms with van der Waals surface area (Å²) in [5.41, 5.74) is 1.64. The number of rotatable bonds is 2. The lowest BCUT2D eigenvalue weighted by Crippen LogP contribution is -2.38. The largest absolute Gasteiger partial charge is 0.370 e. The van der Waals surface area contributed by atoms with Crippen LogP contribution in [0.1, 0.15) is 26.3 Å². The van der Waals surface area contributed by atoms with E-state index < -0.39 is 0 Å². The second-order valence-electron chi connectivity index (χ2n) is 4.68. The van der Waals surface area contributed by atoms with Gasteiger partial charge in [0.05, 0.1) is 0 Å². The van der Waals surface area contributed by atoms with Gasteiger partial charge in [-0.1, -0.05) is 0 Å². The van der Waals surface area contributed by atoms with Gasteiger partial charge >= 0.3 is 0 Å². The topological polar surface area (TPSA) is 3.24 Å². The predicted molar refractivity (Wildman–Crippen MR) is 64.1 cm³/mol. The summed E-state index contributed by atoms with van der Waals surface area (Å²) in [4.78, 5) is 2.03. The van der Waals surface area contributed by atoms with Crippen LogP contribution in [0.2, 0.25) is 0 Å². The highest BCUT2D eigenvalue weighted by Crippen LogP contribution is 2.24. The Hall–Kier alpha value is -0.760. The highest BCUT2D eigenvalue weighted by atomic mass is 35.5. The van der Waals surface area contributed by atoms with Gasteiger partial charge in [0, 0.05) is 24.2 Å². The van der Waals surface area contributed by atoms with Crippen molar-refractivity contribution in [1.29, 1.82) is 0 Å². The molecule has 0 aliphatic rings. The minimum absolute atomic E-state index is 0.0304. The molecule has 0 saturated carbocycles. The molecule has 3 heteroatoms. The van der Waals surface area contributed by atoms with Gasteiger partial charge < -0.3 is 4.90 Å². The summed E-state index contributed by atoms with van der Waals surface area (Å²) < 4.78 is 13.3. The van der Waals surface area contributed by atoms with E-state index in [-0.39, 0.29) is 11.4 Å². The molecule has 0 aliphatic carbocycles. The van der Waals surface area contributed by atoms with Gasteiger partial charge in [-0.2, -0.15) is 0 Å². The Bertz CT molecular complexity index is 344. The number of hydrogen-bond acceptors (Lipinski definition) is 1. The van der Waals surface area contributed by atoms with Crippen molar-refractivity contribution in [2.45, 2.75) is 32.2 Å². The van der Waals surface area contributed by atoms with E-state index >= 15 is 0 Å². The molecule has 0 radical (unpaired) electrons. The van der Waals surface area contributed by atoms with Gasteiger partial charge in [-0.05, 0) is 44.5 Å². The summed E-state index contributed by atoms with van der Waals surface area (Å²) in [6.45, 7) is 6.24. The quantitative estimate of drug-likeness (QED) is 0.698. The number of alkyl halides is 1. The zero-order valence-corrected chi connectivity index (χ0v) is 10.4. The van der Waals surface area contributed by atoms with Gasteiger partial charge in [0.15, 0.2) is 0 Å². The summed E-state index contributed by atoms with van der Waals surface area (Å²) in [7, 11) is 1.95. The van der Waals surface area contributed by atoms with Crippen molar-refractivity contribution < 1.29 is 4.39 Å². The van der Waals surface area contributed by atoms with Crippen LogP contribution in [0.5, 0.6) is 0 Å². The fourth-order valence-electron chi connectivity index (χ4n) is 1.29. The van der Waals surface area contributed by atoms with Gasteiger partial charge in [-0.25, -0.2) is 4.39 Å². The molecule has 0 spiro atoms. The number of halogens is 2. The van der Waals surface area contributed by atoms with Crippen LogP contribution in [0.3, 0.4) is 0 Å². The Labute approximate surface area is 95.8 Å². The van der Waals surface area contributed by atoms with E-state index in [2.05, 4.69) is 20.8 Å². The molecule has 84 valence electrons. The summed E-state index contributed by atoms with van der Waals surface area (Å²) >= 11 is 5.70. The summed E-state index contributed by atoms with van der Waals surface area (Å²) in [5.74, 6) is 0.0992. The molecule has 0 heterocycles. The van der Waals surface area contributed by atoms with E-state index in [1.54, 1.807) is 0 Å². The first kappa shape index (κ1) is 12.3. The van der Waals surface area contributed by atoms with Crippen LogP contribution in [-0.4, -0.2) is 12.6 Å². The summed E-state index contributed by atoms with van der Waals surface area (Å²) in [6, 6.07) is 4.91. The molecular weight excluding hydrogens is 213 g/mol. The minimum atomic E-state index is -0.237. The molecule has 0 aliphatic heterocycles. The monoisotopic (exact) mass is 229 g/mol. The van der Waals surface area contributed by atoms with Crippen LogP contribution in [0.15, 0.2) is 18.2 Å². The summed E-state index contributed by atoms with van der Waals surface area (Å²) in [5, 5.41) is 0. The molecule has 0 bridgehead atoms. The maximum absolute atomic E-state index is 13.3. The zero-order valence-electron chi connectivity index (χ0n) is 9.64. The third-order valence-electron chi connectivity index (χ3n) is 2.49. The predicted octanol–water partition coefficient (Wildman–Crippen LogP) is 3.80. The Kier molecular flexibility index (Phi) is 3.61. The standard InChI is InChI=1S/C12H17ClFN/c1-12(2,3)15(4)11-6-9(8-13)5-10(14)7-11/h5-7H,8H2,1-4H3. The highest BCUT2D eigenvalue weighted by Gasteiger charge is 2.18. The van der Waals surface area contributed by atoms with Crippen molar-refractivity contribution in [3.63, 3.8) is 0 Å². The third-order valence-corrected chi connectivity index (χ3v) is 2.80. The van der Waals surface area contributed by atoms with E-state index in [4.69, 9.17) is 11.6 Å². The molecule has 0 aromatic heterocycles. The Balaban J connectivity index is 3.09. The van der Waals surface area contributed by atoms with Crippen LogP contribution >= 0.6 is 11.6 Å². The first-order valence-corrected chi connectivity index (χ1v) is 5.47. The van der Waals surface area contributed by atoms with Crippen LogP contribution in [0.25, 0.3) is 0 Å². The molecule has 1 aromatic rings.